The third-order valence-electron chi connectivity index (χ3n) is 1.10. The fraction of sp³-hybridized carbons (Fsp3) is 1.00. The molecule has 0 unspecified atom stereocenters. The third kappa shape index (κ3) is 32.4. The Hall–Kier alpha value is 0.788. The summed E-state index contributed by atoms with van der Waals surface area (Å²) in [6, 6.07) is 0. The van der Waals surface area contributed by atoms with Crippen molar-refractivity contribution in [3.05, 3.63) is 0 Å². The van der Waals surface area contributed by atoms with E-state index in [4.69, 9.17) is 8.23 Å². The van der Waals surface area contributed by atoms with Crippen LogP contribution in [0.2, 0.25) is 78.6 Å². The first-order valence-electron chi connectivity index (χ1n) is 6.82. The summed E-state index contributed by atoms with van der Waals surface area (Å²) in [5.41, 5.74) is 0. The van der Waals surface area contributed by atoms with E-state index in [1.165, 1.54) is 0 Å². The van der Waals surface area contributed by atoms with Crippen LogP contribution in [-0.4, -0.2) is 33.3 Å². The third-order valence-corrected chi connectivity index (χ3v) is 9.94. The van der Waals surface area contributed by atoms with E-state index in [1.807, 2.05) is 0 Å². The minimum Gasteiger partial charge on any atom is -0.437 e. The fourth-order valence-corrected chi connectivity index (χ4v) is 13.8. The summed E-state index contributed by atoms with van der Waals surface area (Å²) in [6.07, 6.45) is 0. The first kappa shape index (κ1) is 24.8. The lowest BCUT2D eigenvalue weighted by atomic mass is 11.8. The monoisotopic (exact) mass is 340 g/mol. The second kappa shape index (κ2) is 8.28. The van der Waals surface area contributed by atoms with Gasteiger partial charge in [0.25, 0.3) is 0 Å². The first-order valence-corrected chi connectivity index (χ1v) is 20.4. The van der Waals surface area contributed by atoms with Gasteiger partial charge in [-0.15, -0.1) is 0 Å². The van der Waals surface area contributed by atoms with Crippen LogP contribution in [0.4, 0.5) is 0 Å². The Morgan fingerprint density at radius 1 is 0.474 bits per heavy atom. The summed E-state index contributed by atoms with van der Waals surface area (Å²) in [6.45, 7) is 26.9. The summed E-state index contributed by atoms with van der Waals surface area (Å²) in [5, 5.41) is 0. The molecule has 19 heavy (non-hydrogen) atoms. The molecule has 6 heteroatoms. The average Bonchev–Trinajstić information content (AvgIpc) is 1.64. The van der Waals surface area contributed by atoms with Crippen LogP contribution in [-0.2, 0) is 8.23 Å². The highest BCUT2D eigenvalue weighted by Crippen LogP contribution is 2.19. The van der Waals surface area contributed by atoms with Gasteiger partial charge in [0, 0.05) is 8.07 Å². The minimum atomic E-state index is -1.85. The molecule has 0 rings (SSSR count). The molecule has 0 spiro atoms. The second-order valence-corrected chi connectivity index (χ2v) is 27.7. The van der Waals surface area contributed by atoms with Gasteiger partial charge in [-0.2, -0.15) is 0 Å². The van der Waals surface area contributed by atoms with E-state index in [2.05, 4.69) is 78.6 Å². The smallest absolute Gasteiger partial charge is 0.311 e. The lowest BCUT2D eigenvalue weighted by molar-refractivity contribution is 0.395. The highest BCUT2D eigenvalue weighted by Gasteiger charge is 2.35. The van der Waals surface area contributed by atoms with Gasteiger partial charge in [0.2, 0.25) is 0 Å². The number of hydrogen-bond acceptors (Lipinski definition) is 2. The van der Waals surface area contributed by atoms with Crippen molar-refractivity contribution >= 4 is 33.3 Å². The molecule has 0 bridgehead atoms. The maximum absolute atomic E-state index is 6.09. The SMILES string of the molecule is C.C[Si](C)(C)C.C[Si](C)(C)O[Si](C)(C)O[Si](C)(C)C. The molecule has 0 heterocycles. The molecule has 0 N–H and O–H groups in total. The predicted molar refractivity (Wildman–Crippen MR) is 102 cm³/mol. The molecule has 0 aliphatic heterocycles. The quantitative estimate of drug-likeness (QED) is 0.586. The van der Waals surface area contributed by atoms with Gasteiger partial charge in [0.15, 0.2) is 16.6 Å². The first-order chi connectivity index (χ1) is 7.41. The molecule has 0 aliphatic rings. The molecule has 0 aromatic rings. The molecule has 0 radical (unpaired) electrons. The summed E-state index contributed by atoms with van der Waals surface area (Å²) in [7, 11) is -5.33. The predicted octanol–water partition coefficient (Wildman–Crippen LogP) is 5.98. The molecule has 0 saturated carbocycles. The number of hydrogen-bond donors (Lipinski definition) is 0. The Balaban J connectivity index is -0.000000366. The highest BCUT2D eigenvalue weighted by atomic mass is 28.5. The van der Waals surface area contributed by atoms with Crippen molar-refractivity contribution in [3.63, 3.8) is 0 Å². The normalized spacial score (nSPS) is 13.3. The summed E-state index contributed by atoms with van der Waals surface area (Å²) in [4.78, 5) is 0. The van der Waals surface area contributed by atoms with E-state index < -0.39 is 33.3 Å². The van der Waals surface area contributed by atoms with E-state index in [-0.39, 0.29) is 7.43 Å². The Labute approximate surface area is 127 Å². The van der Waals surface area contributed by atoms with Gasteiger partial charge in [-0.3, -0.25) is 0 Å². The molecular weight excluding hydrogens is 300 g/mol. The molecule has 120 valence electrons. The van der Waals surface area contributed by atoms with Gasteiger partial charge < -0.3 is 8.23 Å². The van der Waals surface area contributed by atoms with E-state index in [0.29, 0.717) is 0 Å². The Morgan fingerprint density at radius 3 is 0.737 bits per heavy atom. The van der Waals surface area contributed by atoms with Crippen LogP contribution in [0.15, 0.2) is 0 Å². The Bertz CT molecular complexity index is 210. The van der Waals surface area contributed by atoms with E-state index >= 15 is 0 Å². The lowest BCUT2D eigenvalue weighted by Crippen LogP contribution is -2.50. The fourth-order valence-electron chi connectivity index (χ4n) is 1.50. The highest BCUT2D eigenvalue weighted by molar-refractivity contribution is 6.87. The van der Waals surface area contributed by atoms with Gasteiger partial charge >= 0.3 is 8.56 Å². The molecule has 0 atom stereocenters. The second-order valence-electron chi connectivity index (χ2n) is 8.83. The summed E-state index contributed by atoms with van der Waals surface area (Å²) < 4.78 is 12.2. The van der Waals surface area contributed by atoms with Crippen LogP contribution in [0.5, 0.6) is 0 Å². The zero-order chi connectivity index (χ0) is 15.4. The summed E-state index contributed by atoms with van der Waals surface area (Å²) >= 11 is 0. The van der Waals surface area contributed by atoms with Gasteiger partial charge in [-0.25, -0.2) is 0 Å². The van der Waals surface area contributed by atoms with E-state index in [9.17, 15) is 0 Å². The molecule has 2 nitrogen and oxygen atoms in total. The van der Waals surface area contributed by atoms with Crippen LogP contribution in [0.1, 0.15) is 7.43 Å². The van der Waals surface area contributed by atoms with Crippen molar-refractivity contribution in [2.45, 2.75) is 86.0 Å². The minimum absolute atomic E-state index is 0. The zero-order valence-electron chi connectivity index (χ0n) is 14.8. The van der Waals surface area contributed by atoms with E-state index in [0.717, 1.165) is 0 Å². The van der Waals surface area contributed by atoms with Crippen molar-refractivity contribution in [3.8, 4) is 0 Å². The van der Waals surface area contributed by atoms with Gasteiger partial charge in [0.1, 0.15) is 0 Å². The van der Waals surface area contributed by atoms with Crippen molar-refractivity contribution in [1.29, 1.82) is 0 Å². The van der Waals surface area contributed by atoms with Crippen molar-refractivity contribution < 1.29 is 8.23 Å². The lowest BCUT2D eigenvalue weighted by Gasteiger charge is -2.35. The maximum atomic E-state index is 6.09. The molecular formula is C13H40O2Si4. The molecule has 0 fully saturated rings. The average molecular weight is 341 g/mol. The zero-order valence-corrected chi connectivity index (χ0v) is 18.8. The molecule has 0 saturated heterocycles. The van der Waals surface area contributed by atoms with Crippen molar-refractivity contribution in [2.75, 3.05) is 0 Å². The van der Waals surface area contributed by atoms with E-state index in [1.54, 1.807) is 0 Å². The molecule has 0 aliphatic carbocycles. The van der Waals surface area contributed by atoms with Crippen LogP contribution in [0.3, 0.4) is 0 Å². The van der Waals surface area contributed by atoms with Gasteiger partial charge in [-0.05, 0) is 52.4 Å². The van der Waals surface area contributed by atoms with Gasteiger partial charge in [0.05, 0.1) is 0 Å². The van der Waals surface area contributed by atoms with Crippen LogP contribution in [0, 0.1) is 0 Å². The molecule has 0 aromatic heterocycles. The maximum Gasteiger partial charge on any atom is 0.311 e. The van der Waals surface area contributed by atoms with Crippen LogP contribution in [0.25, 0.3) is 0 Å². The standard InChI is InChI=1S/C8H24O2Si3.C4H12Si.CH4/c1-11(2,3)9-13(7,8)10-12(4,5)6;1-5(2,3)4;/h1-8H3;1-4H3;1H4. The van der Waals surface area contributed by atoms with Crippen LogP contribution >= 0.6 is 0 Å². The summed E-state index contributed by atoms with van der Waals surface area (Å²) in [5.74, 6) is 0. The van der Waals surface area contributed by atoms with Gasteiger partial charge in [-0.1, -0.05) is 33.6 Å². The Kier molecular flexibility index (Phi) is 10.8. The van der Waals surface area contributed by atoms with Crippen molar-refractivity contribution in [2.24, 2.45) is 0 Å². The molecule has 0 aromatic carbocycles. The Morgan fingerprint density at radius 2 is 0.632 bits per heavy atom. The topological polar surface area (TPSA) is 18.5 Å². The molecule has 0 amide bonds. The van der Waals surface area contributed by atoms with Crippen LogP contribution < -0.4 is 0 Å². The van der Waals surface area contributed by atoms with Crippen molar-refractivity contribution in [1.82, 2.24) is 0 Å². The number of rotatable bonds is 4. The largest absolute Gasteiger partial charge is 0.437 e.